The molecule has 1 atom stereocenters. The number of rotatable bonds is 2. The average molecular weight is 400 g/mol. The molecule has 140 valence electrons. The van der Waals surface area contributed by atoms with Gasteiger partial charge in [-0.2, -0.15) is 36.4 Å². The van der Waals surface area contributed by atoms with Crippen molar-refractivity contribution in [1.82, 2.24) is 0 Å². The van der Waals surface area contributed by atoms with E-state index in [1.807, 2.05) is 99.6 Å². The van der Waals surface area contributed by atoms with Gasteiger partial charge in [-0.3, -0.25) is 4.21 Å². The van der Waals surface area contributed by atoms with Crippen LogP contribution >= 0.6 is 0 Å². The fraction of sp³-hybridized carbons (Fsp3) is 0.182. The second-order valence-electron chi connectivity index (χ2n) is 4.16. The van der Waals surface area contributed by atoms with Crippen molar-refractivity contribution in [3.05, 3.63) is 99.3 Å². The Balaban J connectivity index is -0.000000174. The molecule has 0 saturated heterocycles. The first kappa shape index (κ1) is 31.4. The van der Waals surface area contributed by atoms with E-state index in [-0.39, 0.29) is 39.3 Å². The first-order chi connectivity index (χ1) is 10.3. The fourth-order valence-electron chi connectivity index (χ4n) is 1.60. The quantitative estimate of drug-likeness (QED) is 0.340. The van der Waals surface area contributed by atoms with Crippen molar-refractivity contribution in [2.75, 3.05) is 0 Å². The molecule has 25 heavy (non-hydrogen) atoms. The molecule has 3 aromatic rings. The number of hydrogen-bond donors (Lipinski definition) is 0. The van der Waals surface area contributed by atoms with Crippen LogP contribution in [-0.4, -0.2) is 4.21 Å². The molecule has 0 fully saturated rings. The number of benzene rings is 1. The maximum Gasteiger partial charge on any atom is 4.00 e. The Hall–Kier alpha value is -1.41. The predicted molar refractivity (Wildman–Crippen MR) is 111 cm³/mol. The molecule has 3 heteroatoms. The van der Waals surface area contributed by atoms with Gasteiger partial charge in [0.15, 0.2) is 0 Å². The summed E-state index contributed by atoms with van der Waals surface area (Å²) < 4.78 is 11.9. The van der Waals surface area contributed by atoms with Gasteiger partial charge in [-0.15, -0.1) is 0 Å². The molecule has 0 aliphatic carbocycles. The zero-order chi connectivity index (χ0) is 15.5. The van der Waals surface area contributed by atoms with Gasteiger partial charge in [0, 0.05) is 4.90 Å². The van der Waals surface area contributed by atoms with E-state index in [2.05, 4.69) is 0 Å². The van der Waals surface area contributed by atoms with E-state index in [1.165, 1.54) is 5.56 Å². The van der Waals surface area contributed by atoms with Crippen molar-refractivity contribution in [2.24, 2.45) is 0 Å². The summed E-state index contributed by atoms with van der Waals surface area (Å²) in [5, 5.41) is 0. The van der Waals surface area contributed by atoms with Gasteiger partial charge in [0.2, 0.25) is 0 Å². The largest absolute Gasteiger partial charge is 4.00 e. The minimum absolute atomic E-state index is 0. The molecule has 3 aromatic carbocycles. The molecule has 0 unspecified atom stereocenters. The summed E-state index contributed by atoms with van der Waals surface area (Å²) in [6.07, 6.45) is 0. The van der Waals surface area contributed by atoms with E-state index in [0.717, 1.165) is 9.79 Å². The van der Waals surface area contributed by atoms with E-state index in [0.29, 0.717) is 0 Å². The summed E-state index contributed by atoms with van der Waals surface area (Å²) in [5.74, 6) is 0. The van der Waals surface area contributed by atoms with Crippen molar-refractivity contribution >= 4 is 10.8 Å². The van der Waals surface area contributed by atoms with Gasteiger partial charge in [-0.1, -0.05) is 43.9 Å². The van der Waals surface area contributed by atoms with Crippen LogP contribution in [0.5, 0.6) is 0 Å². The molecular weight excluding hydrogens is 368 g/mol. The molecule has 0 aliphatic heterocycles. The van der Waals surface area contributed by atoms with Crippen LogP contribution in [0.2, 0.25) is 0 Å². The fourth-order valence-corrected chi connectivity index (χ4v) is 2.66. The number of hydrogen-bond acceptors (Lipinski definition) is 1. The molecule has 0 N–H and O–H groups in total. The van der Waals surface area contributed by atoms with Crippen LogP contribution in [-0.2, 0) is 27.9 Å². The third-order valence-corrected chi connectivity index (χ3v) is 4.04. The van der Waals surface area contributed by atoms with Gasteiger partial charge in [0.25, 0.3) is 0 Å². The van der Waals surface area contributed by atoms with E-state index >= 15 is 0 Å². The third kappa shape index (κ3) is 11.7. The SMILES string of the molecule is C.CC.Cc1ccc([S@](=O)c2ccc[cH-]2)cc1.[CH3-].[CH3-].[Fe+4].c1cc[cH-]c1. The zero-order valence-electron chi connectivity index (χ0n) is 15.2. The maximum atomic E-state index is 11.9. The molecule has 3 rings (SSSR count). The molecule has 0 bridgehead atoms. The van der Waals surface area contributed by atoms with E-state index in [9.17, 15) is 4.21 Å². The van der Waals surface area contributed by atoms with Gasteiger partial charge in [0.05, 0.1) is 10.8 Å². The Morgan fingerprint density at radius 1 is 0.840 bits per heavy atom. The minimum Gasteiger partial charge on any atom is -0.358 e. The van der Waals surface area contributed by atoms with E-state index in [1.54, 1.807) is 0 Å². The average Bonchev–Trinajstić information content (AvgIpc) is 3.25. The molecule has 0 amide bonds. The van der Waals surface area contributed by atoms with Crippen LogP contribution in [0.1, 0.15) is 26.8 Å². The molecule has 0 saturated carbocycles. The maximum absolute atomic E-state index is 11.9. The van der Waals surface area contributed by atoms with Crippen molar-refractivity contribution in [2.45, 2.75) is 38.0 Å². The van der Waals surface area contributed by atoms with Crippen molar-refractivity contribution in [3.63, 3.8) is 0 Å². The minimum atomic E-state index is -1.02. The first-order valence-corrected chi connectivity index (χ1v) is 8.29. The van der Waals surface area contributed by atoms with Gasteiger partial charge in [-0.25, -0.2) is 18.2 Å². The van der Waals surface area contributed by atoms with Crippen LogP contribution in [0.25, 0.3) is 0 Å². The standard InChI is InChI=1S/C12H11OS.C5H5.C2H6.CH4.2CH3.Fe/c1-10-6-8-12(9-7-10)14(13)11-4-2-3-5-11;1-2-4-5-3-1;1-2;;;;/h2-9H,1H3;1-5H;1-2H3;1H4;2*1H3;/q2*-1;;;2*-1;+4/t14-;;;;;;/m1....../s1. The molecule has 0 heterocycles. The summed E-state index contributed by atoms with van der Waals surface area (Å²) in [6, 6.07) is 25.4. The topological polar surface area (TPSA) is 17.1 Å². The van der Waals surface area contributed by atoms with Crippen LogP contribution in [0.4, 0.5) is 0 Å². The van der Waals surface area contributed by atoms with E-state index in [4.69, 9.17) is 0 Å². The second-order valence-corrected chi connectivity index (χ2v) is 5.64. The zero-order valence-corrected chi connectivity index (χ0v) is 17.1. The monoisotopic (exact) mass is 400 g/mol. The Morgan fingerprint density at radius 3 is 1.72 bits per heavy atom. The molecule has 0 spiro atoms. The summed E-state index contributed by atoms with van der Waals surface area (Å²) >= 11 is 0. The molecule has 0 radical (unpaired) electrons. The summed E-state index contributed by atoms with van der Waals surface area (Å²) in [6.45, 7) is 6.02. The van der Waals surface area contributed by atoms with Gasteiger partial charge in [0.1, 0.15) is 0 Å². The third-order valence-electron chi connectivity index (χ3n) is 2.64. The van der Waals surface area contributed by atoms with Gasteiger partial charge < -0.3 is 14.9 Å². The summed E-state index contributed by atoms with van der Waals surface area (Å²) in [7, 11) is -1.02. The van der Waals surface area contributed by atoms with Crippen LogP contribution < -0.4 is 0 Å². The normalized spacial score (nSPS) is 8.92. The summed E-state index contributed by atoms with van der Waals surface area (Å²) in [4.78, 5) is 1.73. The first-order valence-electron chi connectivity index (χ1n) is 7.14. The Bertz CT molecular complexity index is 579. The van der Waals surface area contributed by atoms with E-state index < -0.39 is 10.8 Å². The van der Waals surface area contributed by atoms with Gasteiger partial charge in [-0.05, 0) is 19.1 Å². The molecule has 0 aliphatic rings. The Morgan fingerprint density at radius 2 is 1.36 bits per heavy atom. The molecule has 0 aromatic heterocycles. The summed E-state index contributed by atoms with van der Waals surface area (Å²) in [5.41, 5.74) is 1.19. The van der Waals surface area contributed by atoms with Crippen molar-refractivity contribution in [3.8, 4) is 0 Å². The Kier molecular flexibility index (Phi) is 23.7. The second kappa shape index (κ2) is 18.9. The molecular formula is C22H32FeOS. The van der Waals surface area contributed by atoms with Crippen LogP contribution in [0.3, 0.4) is 0 Å². The predicted octanol–water partition coefficient (Wildman–Crippen LogP) is 6.85. The Labute approximate surface area is 169 Å². The van der Waals surface area contributed by atoms with Crippen LogP contribution in [0.15, 0.2) is 88.7 Å². The van der Waals surface area contributed by atoms with Crippen molar-refractivity contribution < 1.29 is 21.3 Å². The molecule has 1 nitrogen and oxygen atoms in total. The van der Waals surface area contributed by atoms with Crippen molar-refractivity contribution in [1.29, 1.82) is 0 Å². The van der Waals surface area contributed by atoms with Gasteiger partial charge >= 0.3 is 17.1 Å². The smallest absolute Gasteiger partial charge is 0.358 e. The number of aryl methyl sites for hydroxylation is 1. The van der Waals surface area contributed by atoms with Crippen LogP contribution in [0, 0.1) is 21.8 Å².